The van der Waals surface area contributed by atoms with Gasteiger partial charge in [0.25, 0.3) is 5.56 Å². The second-order valence-electron chi connectivity index (χ2n) is 9.19. The third-order valence-electron chi connectivity index (χ3n) is 5.64. The maximum Gasteiger partial charge on any atom is 0.483 e. The number of phosphoric ester groups is 1. The Bertz CT molecular complexity index is 1400. The molecule has 2 aliphatic rings. The average Bonchev–Trinajstić information content (AvgIpc) is 3.20. The Kier molecular flexibility index (Phi) is 15.6. The van der Waals surface area contributed by atoms with Crippen molar-refractivity contribution in [2.24, 2.45) is 0 Å². The number of aliphatic hydroxyl groups excluding tert-OH is 6. The number of H-pyrrole nitrogens is 1. The van der Waals surface area contributed by atoms with Crippen molar-refractivity contribution in [1.29, 1.82) is 0 Å². The summed E-state index contributed by atoms with van der Waals surface area (Å²) < 4.78 is 41.1. The largest absolute Gasteiger partial charge is 0.483 e. The Balaban J connectivity index is 0.000000402. The molecule has 26 heteroatoms. The van der Waals surface area contributed by atoms with Crippen molar-refractivity contribution in [3.8, 4) is 0 Å². The van der Waals surface area contributed by atoms with E-state index in [1.165, 1.54) is 0 Å². The van der Waals surface area contributed by atoms with Crippen LogP contribution in [0.5, 0.6) is 0 Å². The van der Waals surface area contributed by atoms with Crippen LogP contribution in [0.4, 0.5) is 0 Å². The minimum absolute atomic E-state index is 0.479. The van der Waals surface area contributed by atoms with E-state index in [0.29, 0.717) is 0 Å². The van der Waals surface area contributed by atoms with Gasteiger partial charge >= 0.3 is 27.3 Å². The molecule has 3 heterocycles. The van der Waals surface area contributed by atoms with Crippen molar-refractivity contribution in [2.75, 3.05) is 13.2 Å². The summed E-state index contributed by atoms with van der Waals surface area (Å²) in [7, 11) is -10.8. The van der Waals surface area contributed by atoms with E-state index in [0.717, 1.165) is 30.7 Å². The minimum Gasteiger partial charge on any atom is -0.476 e. The lowest BCUT2D eigenvalue weighted by atomic mass is 9.97. The van der Waals surface area contributed by atoms with Crippen LogP contribution < -0.4 is 16.6 Å². The number of aromatic amines is 1. The second kappa shape index (κ2) is 17.4. The van der Waals surface area contributed by atoms with Gasteiger partial charge in [-0.25, -0.2) is 18.7 Å². The molecule has 46 heavy (non-hydrogen) atoms. The van der Waals surface area contributed by atoms with Gasteiger partial charge in [0, 0.05) is 26.1 Å². The highest BCUT2D eigenvalue weighted by atomic mass is 31.3. The number of carbonyl (C=O) groups is 3. The van der Waals surface area contributed by atoms with E-state index in [2.05, 4.69) is 14.2 Å². The van der Waals surface area contributed by atoms with Gasteiger partial charge in [-0.1, -0.05) is 0 Å². The maximum absolute atomic E-state index is 11.5. The van der Waals surface area contributed by atoms with Gasteiger partial charge in [0.15, 0.2) is 12.5 Å². The van der Waals surface area contributed by atoms with Crippen molar-refractivity contribution in [3.63, 3.8) is 0 Å². The quantitative estimate of drug-likeness (QED) is 0.0836. The number of ether oxygens (including phenoxy) is 2. The van der Waals surface area contributed by atoms with Gasteiger partial charge in [0.2, 0.25) is 11.7 Å². The van der Waals surface area contributed by atoms with Crippen LogP contribution in [0.1, 0.15) is 20.1 Å². The summed E-state index contributed by atoms with van der Waals surface area (Å²) in [6.45, 7) is 0.730. The van der Waals surface area contributed by atoms with Crippen LogP contribution in [0.2, 0.25) is 0 Å². The second-order valence-corrected chi connectivity index (χ2v) is 12.0. The number of carboxylic acids is 1. The van der Waals surface area contributed by atoms with E-state index in [9.17, 15) is 58.4 Å². The predicted octanol–water partition coefficient (Wildman–Crippen LogP) is -6.04. The summed E-state index contributed by atoms with van der Waals surface area (Å²) >= 11 is 0. The number of carbonyl (C=O) groups excluding carboxylic acids is 2. The van der Waals surface area contributed by atoms with Crippen molar-refractivity contribution in [1.82, 2.24) is 14.9 Å². The number of Topliss-reactive ketones (excluding diaryl/α,β-unsaturated/α-hetero) is 1. The summed E-state index contributed by atoms with van der Waals surface area (Å²) in [5, 5.41) is 66.4. The number of hydrogen-bond donors (Lipinski definition) is 12. The van der Waals surface area contributed by atoms with Crippen LogP contribution in [-0.2, 0) is 41.8 Å². The van der Waals surface area contributed by atoms with Gasteiger partial charge in [-0.2, -0.15) is 4.31 Å². The predicted molar refractivity (Wildman–Crippen MR) is 142 cm³/mol. The van der Waals surface area contributed by atoms with Crippen LogP contribution in [0.25, 0.3) is 0 Å². The highest BCUT2D eigenvalue weighted by molar-refractivity contribution is 7.60. The Hall–Kier alpha value is -2.77. The summed E-state index contributed by atoms with van der Waals surface area (Å²) in [4.78, 5) is 80.6. The van der Waals surface area contributed by atoms with Gasteiger partial charge in [-0.05, 0) is 0 Å². The fourth-order valence-corrected chi connectivity index (χ4v) is 5.26. The number of amides is 1. The lowest BCUT2D eigenvalue weighted by molar-refractivity contribution is -0.247. The summed E-state index contributed by atoms with van der Waals surface area (Å²) in [5.74, 6) is -2.94. The molecule has 0 radical (unpaired) electrons. The Morgan fingerprint density at radius 2 is 1.43 bits per heavy atom. The molecule has 264 valence electrons. The Morgan fingerprint density at radius 1 is 0.935 bits per heavy atom. The van der Waals surface area contributed by atoms with Gasteiger partial charge < -0.3 is 65.2 Å². The molecule has 2 aliphatic heterocycles. The molecule has 0 bridgehead atoms. The number of rotatable bonds is 9. The molecular weight excluding hydrogens is 680 g/mol. The summed E-state index contributed by atoms with van der Waals surface area (Å²) in [5.41, 5.74) is -1.33. The third-order valence-corrected chi connectivity index (χ3v) is 7.79. The van der Waals surface area contributed by atoms with Gasteiger partial charge in [0.1, 0.15) is 42.7 Å². The van der Waals surface area contributed by atoms with E-state index in [-0.39, 0.29) is 0 Å². The molecule has 1 aromatic rings. The third kappa shape index (κ3) is 12.4. The highest BCUT2D eigenvalue weighted by Crippen LogP contribution is 2.58. The standard InChI is InChI=1S/C9H12N2O6.C8H17NO12P2.C3H4O3/c12-3-4-6(14)7(15)8(17-4)11-2-1-5(13)10-9(11)16;1-3(11)9-5-7(13)6(12)4(2-10)19-8(5)20-23(17,18)21-22(14,15)16;1-2(4)3(5)6/h1-2,4,6-8,12,14-15H,3H2,(H,10,13,16);4-8,10,12-13H,2H2,1H3,(H,9,11)(H,17,18)(H2,14,15,16);1H3,(H,5,6)/t4-,6-,7-,8-;4-,5-,6-,7-,8?;/m11./s1. The van der Waals surface area contributed by atoms with Crippen molar-refractivity contribution in [2.45, 2.75) is 69.0 Å². The first kappa shape index (κ1) is 41.3. The topological polar surface area (TPSA) is 391 Å². The van der Waals surface area contributed by atoms with E-state index in [1.54, 1.807) is 0 Å². The zero-order valence-electron chi connectivity index (χ0n) is 23.6. The molecule has 24 nitrogen and oxygen atoms in total. The molecule has 10 atom stereocenters. The molecule has 1 aromatic heterocycles. The fraction of sp³-hybridized carbons (Fsp3) is 0.650. The van der Waals surface area contributed by atoms with E-state index >= 15 is 0 Å². The molecule has 0 spiro atoms. The maximum atomic E-state index is 11.5. The molecule has 3 rings (SSSR count). The van der Waals surface area contributed by atoms with Crippen molar-refractivity contribution in [3.05, 3.63) is 33.1 Å². The number of hydrogen-bond acceptors (Lipinski definition) is 17. The van der Waals surface area contributed by atoms with Crippen LogP contribution in [0, 0.1) is 0 Å². The molecular formula is C20H33N3O21P2. The number of phosphoric acid groups is 2. The van der Waals surface area contributed by atoms with Crippen LogP contribution in [0.15, 0.2) is 21.9 Å². The first-order valence-electron chi connectivity index (χ1n) is 12.4. The molecule has 12 N–H and O–H groups in total. The summed E-state index contributed by atoms with van der Waals surface area (Å²) in [6, 6.07) is -0.484. The molecule has 0 saturated carbocycles. The number of carboxylic acid groups (broad SMARTS) is 1. The fourth-order valence-electron chi connectivity index (χ4n) is 3.58. The highest BCUT2D eigenvalue weighted by Gasteiger charge is 2.49. The van der Waals surface area contributed by atoms with E-state index in [4.69, 9.17) is 34.6 Å². The lowest BCUT2D eigenvalue weighted by Crippen LogP contribution is -2.64. The first-order chi connectivity index (χ1) is 21.0. The number of ketones is 1. The SMILES string of the molecule is CC(=O)C(=O)O.CC(=O)N[C@H]1C(OP(=O)(O)OP(=O)(O)O)O[C@H](CO)[C@@H](O)[C@@H]1O.O=c1ccn([C@@H]2O[C@H](CO)[C@@H](O)[C@H]2O)c(=O)[nH]1. The first-order valence-corrected chi connectivity index (χ1v) is 15.4. The number of nitrogens with zero attached hydrogens (tertiary/aromatic N) is 1. The number of aromatic nitrogens is 2. The van der Waals surface area contributed by atoms with E-state index in [1.807, 2.05) is 4.98 Å². The average molecular weight is 713 g/mol. The normalized spacial score (nSPS) is 30.5. The van der Waals surface area contributed by atoms with Gasteiger partial charge in [-0.3, -0.25) is 28.5 Å². The number of nitrogens with one attached hydrogen (secondary N) is 2. The van der Waals surface area contributed by atoms with Crippen molar-refractivity contribution < 1.29 is 92.2 Å². The Labute approximate surface area is 256 Å². The van der Waals surface area contributed by atoms with Crippen LogP contribution in [-0.4, -0.2) is 140 Å². The molecule has 2 unspecified atom stereocenters. The van der Waals surface area contributed by atoms with Gasteiger partial charge in [-0.15, -0.1) is 0 Å². The van der Waals surface area contributed by atoms with Crippen LogP contribution >= 0.6 is 15.6 Å². The van der Waals surface area contributed by atoms with Gasteiger partial charge in [0.05, 0.1) is 13.2 Å². The molecule has 2 fully saturated rings. The summed E-state index contributed by atoms with van der Waals surface area (Å²) in [6.07, 6.45) is -10.4. The minimum atomic E-state index is -5.39. The molecule has 0 aliphatic carbocycles. The monoisotopic (exact) mass is 713 g/mol. The molecule has 0 aromatic carbocycles. The smallest absolute Gasteiger partial charge is 0.476 e. The number of aliphatic carboxylic acids is 1. The number of aliphatic hydroxyl groups is 6. The molecule has 1 amide bonds. The van der Waals surface area contributed by atoms with Crippen molar-refractivity contribution >= 4 is 33.3 Å². The molecule has 2 saturated heterocycles. The zero-order valence-corrected chi connectivity index (χ0v) is 25.4. The lowest BCUT2D eigenvalue weighted by Gasteiger charge is -2.42. The zero-order chi connectivity index (χ0) is 35.7. The Morgan fingerprint density at radius 3 is 1.85 bits per heavy atom. The van der Waals surface area contributed by atoms with E-state index < -0.39 is 113 Å². The van der Waals surface area contributed by atoms with Crippen LogP contribution in [0.3, 0.4) is 0 Å².